The average molecular weight is 233 g/mol. The molecule has 0 fully saturated rings. The molecule has 0 atom stereocenters. The van der Waals surface area contributed by atoms with Crippen LogP contribution >= 0.6 is 0 Å². The summed E-state index contributed by atoms with van der Waals surface area (Å²) in [4.78, 5) is 16.8. The summed E-state index contributed by atoms with van der Waals surface area (Å²) in [5, 5.41) is 10.3. The van der Waals surface area contributed by atoms with Gasteiger partial charge in [0.25, 0.3) is 5.56 Å². The summed E-state index contributed by atoms with van der Waals surface area (Å²) in [7, 11) is 0. The van der Waals surface area contributed by atoms with Crippen molar-refractivity contribution in [3.8, 4) is 0 Å². The van der Waals surface area contributed by atoms with Crippen molar-refractivity contribution in [2.75, 3.05) is 6.54 Å². The van der Waals surface area contributed by atoms with Gasteiger partial charge in [0.2, 0.25) is 0 Å². The van der Waals surface area contributed by atoms with Crippen molar-refractivity contribution >= 4 is 11.0 Å². The molecule has 0 radical (unpaired) electrons. The second kappa shape index (κ2) is 3.66. The van der Waals surface area contributed by atoms with Crippen LogP contribution in [0.1, 0.15) is 31.3 Å². The van der Waals surface area contributed by atoms with E-state index >= 15 is 0 Å². The van der Waals surface area contributed by atoms with E-state index in [4.69, 9.17) is 0 Å². The molecule has 1 aliphatic rings. The van der Waals surface area contributed by atoms with E-state index in [0.29, 0.717) is 18.6 Å². The van der Waals surface area contributed by atoms with Crippen molar-refractivity contribution in [1.82, 2.24) is 25.1 Å². The molecule has 0 amide bonds. The van der Waals surface area contributed by atoms with Gasteiger partial charge in [-0.25, -0.2) is 4.98 Å². The lowest BCUT2D eigenvalue weighted by molar-refractivity contribution is 0.486. The van der Waals surface area contributed by atoms with E-state index in [2.05, 4.69) is 34.3 Å². The molecular weight excluding hydrogens is 218 g/mol. The van der Waals surface area contributed by atoms with Crippen LogP contribution in [0, 0.1) is 0 Å². The molecule has 0 saturated carbocycles. The summed E-state index contributed by atoms with van der Waals surface area (Å²) in [5.74, 6) is 1.09. The lowest BCUT2D eigenvalue weighted by atomic mass is 10.1. The molecule has 0 spiro atoms. The summed E-state index contributed by atoms with van der Waals surface area (Å²) in [6, 6.07) is 0. The molecule has 90 valence electrons. The van der Waals surface area contributed by atoms with Crippen LogP contribution in [0.25, 0.3) is 11.0 Å². The molecule has 17 heavy (non-hydrogen) atoms. The van der Waals surface area contributed by atoms with Crippen LogP contribution in [0.3, 0.4) is 0 Å². The first-order valence-electron chi connectivity index (χ1n) is 5.87. The molecule has 0 aromatic carbocycles. The molecule has 0 saturated heterocycles. The van der Waals surface area contributed by atoms with Crippen molar-refractivity contribution in [1.29, 1.82) is 0 Å². The van der Waals surface area contributed by atoms with E-state index in [1.54, 1.807) is 4.57 Å². The van der Waals surface area contributed by atoms with Gasteiger partial charge >= 0.3 is 0 Å². The van der Waals surface area contributed by atoms with Crippen molar-refractivity contribution in [3.05, 3.63) is 21.9 Å². The highest BCUT2D eigenvalue weighted by Crippen LogP contribution is 2.19. The normalized spacial score (nSPS) is 15.5. The maximum Gasteiger partial charge on any atom is 0.282 e. The maximum atomic E-state index is 12.2. The largest absolute Gasteiger partial charge is 0.308 e. The standard InChI is InChI=1S/C11H15N5O/c1-6(2)8-9-10(15-14-8)11(17)16-4-3-12-5-7(16)13-9/h6,12H,3-5H2,1-2H3,(H,14,15). The fourth-order valence-electron chi connectivity index (χ4n) is 2.21. The predicted octanol–water partition coefficient (Wildman–Crippen LogP) is 0.346. The van der Waals surface area contributed by atoms with Crippen molar-refractivity contribution in [3.63, 3.8) is 0 Å². The topological polar surface area (TPSA) is 75.6 Å². The molecule has 0 bridgehead atoms. The summed E-state index contributed by atoms with van der Waals surface area (Å²) in [5.41, 5.74) is 2.08. The molecule has 2 aromatic heterocycles. The van der Waals surface area contributed by atoms with E-state index in [1.165, 1.54) is 0 Å². The molecule has 2 aromatic rings. The van der Waals surface area contributed by atoms with Crippen molar-refractivity contribution in [2.45, 2.75) is 32.9 Å². The lowest BCUT2D eigenvalue weighted by Gasteiger charge is -2.18. The van der Waals surface area contributed by atoms with Crippen LogP contribution in [-0.4, -0.2) is 26.3 Å². The number of rotatable bonds is 1. The Morgan fingerprint density at radius 1 is 1.35 bits per heavy atom. The van der Waals surface area contributed by atoms with E-state index in [-0.39, 0.29) is 11.5 Å². The van der Waals surface area contributed by atoms with E-state index in [9.17, 15) is 4.79 Å². The van der Waals surface area contributed by atoms with E-state index in [1.807, 2.05) is 0 Å². The third-order valence-electron chi connectivity index (χ3n) is 3.14. The van der Waals surface area contributed by atoms with Gasteiger partial charge in [-0.05, 0) is 5.92 Å². The first kappa shape index (κ1) is 10.5. The first-order valence-corrected chi connectivity index (χ1v) is 5.87. The number of hydrogen-bond acceptors (Lipinski definition) is 4. The van der Waals surface area contributed by atoms with Gasteiger partial charge in [0.05, 0.1) is 12.2 Å². The third kappa shape index (κ3) is 1.48. The second-order valence-corrected chi connectivity index (χ2v) is 4.65. The Morgan fingerprint density at radius 2 is 2.18 bits per heavy atom. The van der Waals surface area contributed by atoms with Gasteiger partial charge in [-0.2, -0.15) is 5.10 Å². The number of fused-ring (bicyclic) bond motifs is 2. The number of hydrogen-bond donors (Lipinski definition) is 2. The zero-order valence-electron chi connectivity index (χ0n) is 9.95. The Morgan fingerprint density at radius 3 is 2.94 bits per heavy atom. The molecule has 6 nitrogen and oxygen atoms in total. The lowest BCUT2D eigenvalue weighted by Crippen LogP contribution is -2.37. The Kier molecular flexibility index (Phi) is 2.25. The Balaban J connectivity index is 2.34. The molecule has 3 rings (SSSR count). The average Bonchev–Trinajstić information content (AvgIpc) is 2.73. The number of H-pyrrole nitrogens is 1. The summed E-state index contributed by atoms with van der Waals surface area (Å²) >= 11 is 0. The highest BCUT2D eigenvalue weighted by atomic mass is 16.1. The predicted molar refractivity (Wildman–Crippen MR) is 63.9 cm³/mol. The summed E-state index contributed by atoms with van der Waals surface area (Å²) < 4.78 is 1.71. The van der Waals surface area contributed by atoms with Crippen molar-refractivity contribution < 1.29 is 0 Å². The molecule has 3 heterocycles. The SMILES string of the molecule is CC(C)c1[nH]nc2c(=O)n3c(nc12)CNCC3. The first-order chi connectivity index (χ1) is 8.18. The molecule has 1 aliphatic heterocycles. The van der Waals surface area contributed by atoms with Gasteiger partial charge in [-0.3, -0.25) is 14.5 Å². The van der Waals surface area contributed by atoms with Gasteiger partial charge in [0, 0.05) is 13.1 Å². The maximum absolute atomic E-state index is 12.2. The van der Waals surface area contributed by atoms with E-state index in [0.717, 1.165) is 23.6 Å². The Hall–Kier alpha value is -1.69. The van der Waals surface area contributed by atoms with Crippen LogP contribution in [0.5, 0.6) is 0 Å². The minimum atomic E-state index is -0.0327. The number of nitrogens with zero attached hydrogens (tertiary/aromatic N) is 3. The Labute approximate surface area is 98.1 Å². The van der Waals surface area contributed by atoms with Crippen LogP contribution in [0.4, 0.5) is 0 Å². The fraction of sp³-hybridized carbons (Fsp3) is 0.545. The van der Waals surface area contributed by atoms with Gasteiger partial charge in [-0.1, -0.05) is 13.8 Å². The Bertz CT molecular complexity index is 625. The number of nitrogens with one attached hydrogen (secondary N) is 2. The number of aromatic amines is 1. The molecule has 2 N–H and O–H groups in total. The zero-order valence-corrected chi connectivity index (χ0v) is 9.95. The smallest absolute Gasteiger partial charge is 0.282 e. The van der Waals surface area contributed by atoms with Crippen LogP contribution in [-0.2, 0) is 13.1 Å². The van der Waals surface area contributed by atoms with Gasteiger partial charge < -0.3 is 5.32 Å². The van der Waals surface area contributed by atoms with Crippen LogP contribution < -0.4 is 10.9 Å². The summed E-state index contributed by atoms with van der Waals surface area (Å²) in [6.07, 6.45) is 0. The highest BCUT2D eigenvalue weighted by Gasteiger charge is 2.19. The monoisotopic (exact) mass is 233 g/mol. The minimum Gasteiger partial charge on any atom is -0.308 e. The summed E-state index contributed by atoms with van der Waals surface area (Å²) in [6.45, 7) is 6.24. The molecule has 6 heteroatoms. The molecule has 0 unspecified atom stereocenters. The van der Waals surface area contributed by atoms with Gasteiger partial charge in [-0.15, -0.1) is 0 Å². The van der Waals surface area contributed by atoms with Gasteiger partial charge in [0.1, 0.15) is 11.3 Å². The fourth-order valence-corrected chi connectivity index (χ4v) is 2.21. The van der Waals surface area contributed by atoms with Crippen LogP contribution in [0.2, 0.25) is 0 Å². The zero-order chi connectivity index (χ0) is 12.0. The highest BCUT2D eigenvalue weighted by molar-refractivity contribution is 5.76. The molecule has 0 aliphatic carbocycles. The van der Waals surface area contributed by atoms with Crippen LogP contribution in [0.15, 0.2) is 4.79 Å². The minimum absolute atomic E-state index is 0.0327. The number of aromatic nitrogens is 4. The quantitative estimate of drug-likeness (QED) is 0.745. The second-order valence-electron chi connectivity index (χ2n) is 4.65. The van der Waals surface area contributed by atoms with Crippen molar-refractivity contribution in [2.24, 2.45) is 0 Å². The van der Waals surface area contributed by atoms with E-state index < -0.39 is 0 Å². The van der Waals surface area contributed by atoms with Gasteiger partial charge in [0.15, 0.2) is 5.52 Å². The third-order valence-corrected chi connectivity index (χ3v) is 3.14. The molecular formula is C11H15N5O.